The molecular weight excluding hydrogens is 390 g/mol. The first-order valence-electron chi connectivity index (χ1n) is 9.91. The van der Waals surface area contributed by atoms with Gasteiger partial charge in [-0.25, -0.2) is 9.69 Å². The fraction of sp³-hybridized carbons (Fsp3) is 0.348. The second kappa shape index (κ2) is 9.23. The van der Waals surface area contributed by atoms with Gasteiger partial charge in [0.25, 0.3) is 11.8 Å². The van der Waals surface area contributed by atoms with Crippen molar-refractivity contribution in [2.24, 2.45) is 0 Å². The molecule has 0 N–H and O–H groups in total. The second-order valence-corrected chi connectivity index (χ2v) is 7.69. The molecule has 0 radical (unpaired) electrons. The van der Waals surface area contributed by atoms with Crippen molar-refractivity contribution in [3.63, 3.8) is 0 Å². The molecule has 0 fully saturated rings. The Labute approximate surface area is 175 Å². The van der Waals surface area contributed by atoms with Crippen LogP contribution in [-0.2, 0) is 4.74 Å². The fourth-order valence-electron chi connectivity index (χ4n) is 3.39. The fourth-order valence-corrected chi connectivity index (χ4v) is 3.57. The molecule has 1 aliphatic rings. The van der Waals surface area contributed by atoms with Gasteiger partial charge in [-0.3, -0.25) is 9.59 Å². The predicted octanol–water partition coefficient (Wildman–Crippen LogP) is 5.66. The highest BCUT2D eigenvalue weighted by Gasteiger charge is 2.37. The Balaban J connectivity index is 1.73. The maximum absolute atomic E-state index is 12.8. The van der Waals surface area contributed by atoms with Crippen LogP contribution in [0.2, 0.25) is 5.02 Å². The summed E-state index contributed by atoms with van der Waals surface area (Å²) in [7, 11) is 0. The van der Waals surface area contributed by atoms with E-state index in [9.17, 15) is 14.4 Å². The summed E-state index contributed by atoms with van der Waals surface area (Å²) in [6.07, 6.45) is 5.05. The Morgan fingerprint density at radius 3 is 2.52 bits per heavy atom. The number of hydrogen-bond acceptors (Lipinski definition) is 4. The standard InChI is InChI=1S/C23H24ClNO4/c1-3-4-5-6-8-15(2)29-23(28)16-11-12-19-20(13-16)22(27)25(21(19)26)18-10-7-9-17(24)14-18/h7,9-15H,3-6,8H2,1-2H3. The van der Waals surface area contributed by atoms with Gasteiger partial charge in [0, 0.05) is 5.02 Å². The molecule has 3 rings (SSSR count). The van der Waals surface area contributed by atoms with E-state index in [2.05, 4.69) is 6.92 Å². The average Bonchev–Trinajstić information content (AvgIpc) is 2.95. The Morgan fingerprint density at radius 1 is 1.03 bits per heavy atom. The summed E-state index contributed by atoms with van der Waals surface area (Å²) in [6.45, 7) is 4.02. The highest BCUT2D eigenvalue weighted by atomic mass is 35.5. The van der Waals surface area contributed by atoms with Gasteiger partial charge in [-0.2, -0.15) is 0 Å². The molecule has 0 spiro atoms. The molecule has 2 aromatic rings. The van der Waals surface area contributed by atoms with E-state index in [0.717, 1.165) is 30.6 Å². The van der Waals surface area contributed by atoms with E-state index in [4.69, 9.17) is 16.3 Å². The largest absolute Gasteiger partial charge is 0.459 e. The lowest BCUT2D eigenvalue weighted by Gasteiger charge is -2.14. The van der Waals surface area contributed by atoms with Crippen LogP contribution < -0.4 is 4.90 Å². The quantitative estimate of drug-likeness (QED) is 0.318. The minimum absolute atomic E-state index is 0.194. The predicted molar refractivity (Wildman–Crippen MR) is 113 cm³/mol. The van der Waals surface area contributed by atoms with Gasteiger partial charge in [-0.05, 0) is 56.2 Å². The SMILES string of the molecule is CCCCCCC(C)OC(=O)c1ccc2c(c1)C(=O)N(c1cccc(Cl)c1)C2=O. The van der Waals surface area contributed by atoms with Crippen molar-refractivity contribution in [1.29, 1.82) is 0 Å². The zero-order valence-electron chi connectivity index (χ0n) is 16.6. The maximum Gasteiger partial charge on any atom is 0.338 e. The number of benzene rings is 2. The molecule has 5 nitrogen and oxygen atoms in total. The Hall–Kier alpha value is -2.66. The van der Waals surface area contributed by atoms with Crippen LogP contribution in [0.3, 0.4) is 0 Å². The second-order valence-electron chi connectivity index (χ2n) is 7.25. The van der Waals surface area contributed by atoms with E-state index < -0.39 is 17.8 Å². The molecule has 0 aromatic heterocycles. The van der Waals surface area contributed by atoms with E-state index in [1.54, 1.807) is 24.3 Å². The van der Waals surface area contributed by atoms with Crippen molar-refractivity contribution in [3.05, 3.63) is 64.2 Å². The van der Waals surface area contributed by atoms with Gasteiger partial charge >= 0.3 is 5.97 Å². The highest BCUT2D eigenvalue weighted by Crippen LogP contribution is 2.30. The van der Waals surface area contributed by atoms with Crippen LogP contribution >= 0.6 is 11.6 Å². The van der Waals surface area contributed by atoms with Crippen molar-refractivity contribution < 1.29 is 19.1 Å². The first-order valence-corrected chi connectivity index (χ1v) is 10.3. The van der Waals surface area contributed by atoms with E-state index in [1.165, 1.54) is 24.6 Å². The van der Waals surface area contributed by atoms with E-state index in [-0.39, 0.29) is 22.8 Å². The molecule has 1 aliphatic heterocycles. The Kier molecular flexibility index (Phi) is 6.70. The summed E-state index contributed by atoms with van der Waals surface area (Å²) in [6, 6.07) is 11.0. The number of carbonyl (C=O) groups excluding carboxylic acids is 3. The minimum atomic E-state index is -0.489. The van der Waals surface area contributed by atoms with Crippen LogP contribution in [0.25, 0.3) is 0 Å². The molecule has 0 saturated heterocycles. The summed E-state index contributed by atoms with van der Waals surface area (Å²) in [5, 5.41) is 0.427. The third-order valence-corrected chi connectivity index (χ3v) is 5.20. The third kappa shape index (κ3) is 4.67. The third-order valence-electron chi connectivity index (χ3n) is 4.96. The van der Waals surface area contributed by atoms with Crippen molar-refractivity contribution >= 4 is 35.1 Å². The zero-order valence-corrected chi connectivity index (χ0v) is 17.4. The van der Waals surface area contributed by atoms with E-state index in [0.29, 0.717) is 10.7 Å². The number of hydrogen-bond donors (Lipinski definition) is 0. The average molecular weight is 414 g/mol. The number of carbonyl (C=O) groups is 3. The lowest BCUT2D eigenvalue weighted by Crippen LogP contribution is -2.29. The normalized spacial score (nSPS) is 14.1. The number of esters is 1. The molecule has 2 aromatic carbocycles. The number of anilines is 1. The van der Waals surface area contributed by atoms with Crippen molar-refractivity contribution in [1.82, 2.24) is 0 Å². The summed E-state index contributed by atoms with van der Waals surface area (Å²) in [5.41, 5.74) is 1.12. The Bertz CT molecular complexity index is 940. The van der Waals surface area contributed by atoms with Gasteiger partial charge < -0.3 is 4.74 Å². The molecule has 1 atom stereocenters. The summed E-state index contributed by atoms with van der Waals surface area (Å²) >= 11 is 5.99. The summed E-state index contributed by atoms with van der Waals surface area (Å²) < 4.78 is 5.50. The smallest absolute Gasteiger partial charge is 0.338 e. The number of ether oxygens (including phenoxy) is 1. The first-order chi connectivity index (χ1) is 13.9. The molecule has 6 heteroatoms. The molecule has 0 bridgehead atoms. The highest BCUT2D eigenvalue weighted by molar-refractivity contribution is 6.35. The molecule has 0 saturated carbocycles. The van der Waals surface area contributed by atoms with Crippen LogP contribution in [-0.4, -0.2) is 23.9 Å². The maximum atomic E-state index is 12.8. The number of unbranched alkanes of at least 4 members (excludes halogenated alkanes) is 3. The van der Waals surface area contributed by atoms with Crippen LogP contribution in [0, 0.1) is 0 Å². The van der Waals surface area contributed by atoms with Gasteiger partial charge in [0.05, 0.1) is 28.5 Å². The van der Waals surface area contributed by atoms with Crippen LogP contribution in [0.5, 0.6) is 0 Å². The molecular formula is C23H24ClNO4. The van der Waals surface area contributed by atoms with Gasteiger partial charge in [0.15, 0.2) is 0 Å². The molecule has 29 heavy (non-hydrogen) atoms. The van der Waals surface area contributed by atoms with Crippen molar-refractivity contribution in [3.8, 4) is 0 Å². The van der Waals surface area contributed by atoms with Crippen molar-refractivity contribution in [2.75, 3.05) is 4.90 Å². The zero-order chi connectivity index (χ0) is 21.0. The number of nitrogens with zero attached hydrogens (tertiary/aromatic N) is 1. The van der Waals surface area contributed by atoms with Gasteiger partial charge in [-0.15, -0.1) is 0 Å². The van der Waals surface area contributed by atoms with Crippen LogP contribution in [0.1, 0.15) is 77.0 Å². The molecule has 152 valence electrons. The molecule has 1 unspecified atom stereocenters. The van der Waals surface area contributed by atoms with Crippen LogP contribution in [0.4, 0.5) is 5.69 Å². The molecule has 0 aliphatic carbocycles. The lowest BCUT2D eigenvalue weighted by atomic mass is 10.1. The number of halogens is 1. The first kappa shape index (κ1) is 21.1. The Morgan fingerprint density at radius 2 is 1.79 bits per heavy atom. The van der Waals surface area contributed by atoms with Gasteiger partial charge in [0.2, 0.25) is 0 Å². The van der Waals surface area contributed by atoms with Gasteiger partial charge in [0.1, 0.15) is 0 Å². The summed E-state index contributed by atoms with van der Waals surface area (Å²) in [4.78, 5) is 39.1. The van der Waals surface area contributed by atoms with Crippen molar-refractivity contribution in [2.45, 2.75) is 52.1 Å². The lowest BCUT2D eigenvalue weighted by molar-refractivity contribution is 0.0319. The number of rotatable bonds is 8. The summed E-state index contributed by atoms with van der Waals surface area (Å²) in [5.74, 6) is -1.40. The monoisotopic (exact) mass is 413 g/mol. The number of fused-ring (bicyclic) bond motifs is 1. The van der Waals surface area contributed by atoms with Gasteiger partial charge in [-0.1, -0.05) is 43.9 Å². The molecule has 1 heterocycles. The van der Waals surface area contributed by atoms with Crippen LogP contribution in [0.15, 0.2) is 42.5 Å². The minimum Gasteiger partial charge on any atom is -0.459 e. The topological polar surface area (TPSA) is 63.7 Å². The van der Waals surface area contributed by atoms with E-state index >= 15 is 0 Å². The van der Waals surface area contributed by atoms with E-state index in [1.807, 2.05) is 6.92 Å². The molecule has 2 amide bonds. The number of imide groups is 1. The number of amides is 2.